The number of hydrogen-bond donors (Lipinski definition) is 2. The Bertz CT molecular complexity index is 912. The molecule has 2 heterocycles. The lowest BCUT2D eigenvalue weighted by Gasteiger charge is -2.23. The molecule has 11 heteroatoms. The third-order valence-electron chi connectivity index (χ3n) is 4.31. The Morgan fingerprint density at radius 3 is 2.52 bits per heavy atom. The summed E-state index contributed by atoms with van der Waals surface area (Å²) in [6, 6.07) is -1.43. The standard InChI is InChI=1S/C18H26N4O7/c1-10-7-21(16(26)20-14(10)24)9-13(23)22-8-11(6-12(22)15(25)28-5)19-17(27)29-18(2,3)4/h7,11-12H,6,8-9H2,1-5H3,(H,19,27)(H,20,24,26)/t11-,12+/m1/s1. The van der Waals surface area contributed by atoms with Crippen LogP contribution in [0.15, 0.2) is 15.8 Å². The number of aromatic amines is 1. The Hall–Kier alpha value is -3.11. The summed E-state index contributed by atoms with van der Waals surface area (Å²) in [6.07, 6.45) is 0.767. The molecular weight excluding hydrogens is 384 g/mol. The van der Waals surface area contributed by atoms with E-state index in [4.69, 9.17) is 9.47 Å². The minimum absolute atomic E-state index is 0.0505. The number of H-pyrrole nitrogens is 1. The van der Waals surface area contributed by atoms with E-state index in [2.05, 4.69) is 10.3 Å². The molecule has 2 N–H and O–H groups in total. The molecule has 0 unspecified atom stereocenters. The highest BCUT2D eigenvalue weighted by molar-refractivity contribution is 5.85. The van der Waals surface area contributed by atoms with Gasteiger partial charge in [0.25, 0.3) is 5.56 Å². The van der Waals surface area contributed by atoms with Crippen LogP contribution in [0.1, 0.15) is 32.8 Å². The molecule has 1 saturated heterocycles. The molecule has 0 aliphatic carbocycles. The summed E-state index contributed by atoms with van der Waals surface area (Å²) in [5.74, 6) is -1.15. The van der Waals surface area contributed by atoms with Gasteiger partial charge in [-0.05, 0) is 27.7 Å². The molecule has 1 aromatic rings. The highest BCUT2D eigenvalue weighted by Crippen LogP contribution is 2.20. The van der Waals surface area contributed by atoms with Crippen molar-refractivity contribution in [1.29, 1.82) is 0 Å². The quantitative estimate of drug-likeness (QED) is 0.639. The van der Waals surface area contributed by atoms with E-state index in [-0.39, 0.29) is 25.1 Å². The van der Waals surface area contributed by atoms with E-state index < -0.39 is 46.9 Å². The molecule has 11 nitrogen and oxygen atoms in total. The first-order valence-corrected chi connectivity index (χ1v) is 9.08. The van der Waals surface area contributed by atoms with Crippen LogP contribution in [0.25, 0.3) is 0 Å². The molecule has 0 aromatic carbocycles. The number of nitrogens with one attached hydrogen (secondary N) is 2. The van der Waals surface area contributed by atoms with Crippen molar-refractivity contribution in [2.75, 3.05) is 13.7 Å². The van der Waals surface area contributed by atoms with Crippen LogP contribution in [0.2, 0.25) is 0 Å². The molecule has 0 saturated carbocycles. The van der Waals surface area contributed by atoms with Crippen LogP contribution in [-0.2, 0) is 25.6 Å². The number of methoxy groups -OCH3 is 1. The van der Waals surface area contributed by atoms with Crippen LogP contribution in [0.4, 0.5) is 4.79 Å². The van der Waals surface area contributed by atoms with E-state index in [0.29, 0.717) is 0 Å². The smallest absolute Gasteiger partial charge is 0.407 e. The van der Waals surface area contributed by atoms with Gasteiger partial charge in [-0.3, -0.25) is 19.1 Å². The van der Waals surface area contributed by atoms with Gasteiger partial charge in [-0.2, -0.15) is 0 Å². The second-order valence-corrected chi connectivity index (χ2v) is 7.86. The third kappa shape index (κ3) is 5.69. The van der Waals surface area contributed by atoms with Crippen molar-refractivity contribution in [2.45, 2.75) is 58.3 Å². The predicted molar refractivity (Wildman–Crippen MR) is 101 cm³/mol. The molecule has 2 rings (SSSR count). The van der Waals surface area contributed by atoms with Gasteiger partial charge in [0.15, 0.2) is 0 Å². The zero-order chi connectivity index (χ0) is 21.9. The van der Waals surface area contributed by atoms with Gasteiger partial charge in [0.05, 0.1) is 13.2 Å². The lowest BCUT2D eigenvalue weighted by molar-refractivity contribution is -0.151. The number of ether oxygens (including phenoxy) is 2. The summed E-state index contributed by atoms with van der Waals surface area (Å²) >= 11 is 0. The highest BCUT2D eigenvalue weighted by Gasteiger charge is 2.41. The summed E-state index contributed by atoms with van der Waals surface area (Å²) in [4.78, 5) is 63.7. The molecular formula is C18H26N4O7. The van der Waals surface area contributed by atoms with E-state index in [1.54, 1.807) is 20.8 Å². The van der Waals surface area contributed by atoms with Gasteiger partial charge in [0, 0.05) is 24.7 Å². The topological polar surface area (TPSA) is 140 Å². The van der Waals surface area contributed by atoms with Gasteiger partial charge in [0.2, 0.25) is 5.91 Å². The minimum atomic E-state index is -0.910. The van der Waals surface area contributed by atoms with Crippen LogP contribution >= 0.6 is 0 Å². The van der Waals surface area contributed by atoms with Crippen LogP contribution in [0, 0.1) is 6.92 Å². The van der Waals surface area contributed by atoms with Gasteiger partial charge < -0.3 is 19.7 Å². The van der Waals surface area contributed by atoms with E-state index in [1.165, 1.54) is 25.1 Å². The SMILES string of the molecule is COC(=O)[C@@H]1C[C@@H](NC(=O)OC(C)(C)C)CN1C(=O)Cn1cc(C)c(=O)[nH]c1=O. The first kappa shape index (κ1) is 22.2. The van der Waals surface area contributed by atoms with Crippen molar-refractivity contribution in [3.63, 3.8) is 0 Å². The monoisotopic (exact) mass is 410 g/mol. The second kappa shape index (κ2) is 8.50. The van der Waals surface area contributed by atoms with Crippen molar-refractivity contribution in [3.05, 3.63) is 32.6 Å². The average molecular weight is 410 g/mol. The van der Waals surface area contributed by atoms with Crippen LogP contribution in [0.5, 0.6) is 0 Å². The number of aryl methyl sites for hydroxylation is 1. The number of carbonyl (C=O) groups excluding carboxylic acids is 3. The largest absolute Gasteiger partial charge is 0.467 e. The van der Waals surface area contributed by atoms with Crippen molar-refractivity contribution in [2.24, 2.45) is 0 Å². The summed E-state index contributed by atoms with van der Waals surface area (Å²) in [5.41, 5.74) is -1.68. The molecule has 0 spiro atoms. The van der Waals surface area contributed by atoms with E-state index >= 15 is 0 Å². The first-order chi connectivity index (χ1) is 13.4. The summed E-state index contributed by atoms with van der Waals surface area (Å²) in [6.45, 7) is 6.35. The van der Waals surface area contributed by atoms with Crippen LogP contribution in [0.3, 0.4) is 0 Å². The van der Waals surface area contributed by atoms with Crippen molar-refractivity contribution in [3.8, 4) is 0 Å². The minimum Gasteiger partial charge on any atom is -0.467 e. The molecule has 2 atom stereocenters. The Labute approximate surface area is 167 Å². The Balaban J connectivity index is 2.16. The Morgan fingerprint density at radius 2 is 1.93 bits per heavy atom. The van der Waals surface area contributed by atoms with E-state index in [9.17, 15) is 24.0 Å². The number of rotatable bonds is 4. The number of aromatic nitrogens is 2. The zero-order valence-electron chi connectivity index (χ0n) is 17.1. The molecule has 2 amide bonds. The van der Waals surface area contributed by atoms with Gasteiger partial charge in [0.1, 0.15) is 18.2 Å². The number of alkyl carbamates (subject to hydrolysis) is 1. The predicted octanol–water partition coefficient (Wildman–Crippen LogP) is -0.488. The zero-order valence-corrected chi connectivity index (χ0v) is 17.1. The lowest BCUT2D eigenvalue weighted by atomic mass is 10.1. The van der Waals surface area contributed by atoms with E-state index in [1.807, 2.05) is 0 Å². The van der Waals surface area contributed by atoms with Crippen molar-refractivity contribution < 1.29 is 23.9 Å². The van der Waals surface area contributed by atoms with E-state index in [0.717, 1.165) is 4.57 Å². The maximum atomic E-state index is 12.8. The number of esters is 1. The maximum Gasteiger partial charge on any atom is 0.407 e. The number of likely N-dealkylation sites (tertiary alicyclic amines) is 1. The molecule has 160 valence electrons. The normalized spacial score (nSPS) is 19.0. The fourth-order valence-electron chi connectivity index (χ4n) is 3.02. The maximum absolute atomic E-state index is 12.8. The molecule has 1 aliphatic heterocycles. The molecule has 1 fully saturated rings. The molecule has 0 bridgehead atoms. The highest BCUT2D eigenvalue weighted by atomic mass is 16.6. The molecule has 29 heavy (non-hydrogen) atoms. The lowest BCUT2D eigenvalue weighted by Crippen LogP contribution is -2.45. The third-order valence-corrected chi connectivity index (χ3v) is 4.31. The van der Waals surface area contributed by atoms with Crippen LogP contribution < -0.4 is 16.6 Å². The number of hydrogen-bond acceptors (Lipinski definition) is 7. The van der Waals surface area contributed by atoms with Gasteiger partial charge in [-0.25, -0.2) is 14.4 Å². The van der Waals surface area contributed by atoms with Crippen molar-refractivity contribution >= 4 is 18.0 Å². The summed E-state index contributed by atoms with van der Waals surface area (Å²) in [7, 11) is 1.20. The average Bonchev–Trinajstić information content (AvgIpc) is 3.01. The molecule has 1 aromatic heterocycles. The molecule has 1 aliphatic rings. The fourth-order valence-corrected chi connectivity index (χ4v) is 3.02. The fraction of sp³-hybridized carbons (Fsp3) is 0.611. The number of amides is 2. The molecule has 0 radical (unpaired) electrons. The van der Waals surface area contributed by atoms with Gasteiger partial charge in [-0.15, -0.1) is 0 Å². The van der Waals surface area contributed by atoms with Crippen molar-refractivity contribution in [1.82, 2.24) is 19.8 Å². The second-order valence-electron chi connectivity index (χ2n) is 7.86. The number of nitrogens with zero attached hydrogens (tertiary/aromatic N) is 2. The number of carbonyl (C=O) groups is 3. The van der Waals surface area contributed by atoms with Gasteiger partial charge >= 0.3 is 17.8 Å². The Kier molecular flexibility index (Phi) is 6.50. The van der Waals surface area contributed by atoms with Gasteiger partial charge in [-0.1, -0.05) is 0 Å². The Morgan fingerprint density at radius 1 is 1.28 bits per heavy atom. The summed E-state index contributed by atoms with van der Waals surface area (Å²) < 4.78 is 11.0. The van der Waals surface area contributed by atoms with Crippen LogP contribution in [-0.4, -0.2) is 63.8 Å². The first-order valence-electron chi connectivity index (χ1n) is 9.08. The summed E-state index contributed by atoms with van der Waals surface area (Å²) in [5, 5.41) is 2.64.